The third-order valence-electron chi connectivity index (χ3n) is 4.10. The van der Waals surface area contributed by atoms with E-state index in [0.29, 0.717) is 11.7 Å². The minimum absolute atomic E-state index is 0.0844. The van der Waals surface area contributed by atoms with Gasteiger partial charge in [-0.3, -0.25) is 9.78 Å². The van der Waals surface area contributed by atoms with Gasteiger partial charge in [0.15, 0.2) is 0 Å². The molecule has 0 aromatic carbocycles. The van der Waals surface area contributed by atoms with E-state index in [-0.39, 0.29) is 5.91 Å². The highest BCUT2D eigenvalue weighted by atomic mass is 16.2. The van der Waals surface area contributed by atoms with E-state index < -0.39 is 0 Å². The summed E-state index contributed by atoms with van der Waals surface area (Å²) in [5, 5.41) is 3.20. The number of hydrogen-bond acceptors (Lipinski definition) is 3. The van der Waals surface area contributed by atoms with Gasteiger partial charge < -0.3 is 10.2 Å². The molecule has 2 fully saturated rings. The normalized spacial score (nSPS) is 29.8. The Balaban J connectivity index is 1.78. The van der Waals surface area contributed by atoms with Crippen LogP contribution in [0.15, 0.2) is 24.4 Å². The summed E-state index contributed by atoms with van der Waals surface area (Å²) in [5.74, 6) is 1.68. The Morgan fingerprint density at radius 3 is 3.06 bits per heavy atom. The SMILES string of the molecule is CNC[C@@H]1C[C@@H]2C[C@@H]2CN1C(=O)c1ccccn1. The number of fused-ring (bicyclic) bond motifs is 1. The van der Waals surface area contributed by atoms with E-state index in [4.69, 9.17) is 0 Å². The molecule has 18 heavy (non-hydrogen) atoms. The van der Waals surface area contributed by atoms with E-state index in [2.05, 4.69) is 10.3 Å². The van der Waals surface area contributed by atoms with Gasteiger partial charge in [-0.1, -0.05) is 6.07 Å². The van der Waals surface area contributed by atoms with Crippen molar-refractivity contribution in [3.8, 4) is 0 Å². The van der Waals surface area contributed by atoms with Gasteiger partial charge in [-0.2, -0.15) is 0 Å². The summed E-state index contributed by atoms with van der Waals surface area (Å²) in [6, 6.07) is 5.84. The fourth-order valence-corrected chi connectivity index (χ4v) is 3.02. The first-order chi connectivity index (χ1) is 8.79. The second kappa shape index (κ2) is 4.69. The van der Waals surface area contributed by atoms with Crippen LogP contribution < -0.4 is 5.32 Å². The fraction of sp³-hybridized carbons (Fsp3) is 0.571. The maximum Gasteiger partial charge on any atom is 0.272 e. The van der Waals surface area contributed by atoms with Crippen LogP contribution in [0.1, 0.15) is 23.3 Å². The second-order valence-electron chi connectivity index (χ2n) is 5.38. The lowest BCUT2D eigenvalue weighted by Crippen LogP contribution is -2.49. The van der Waals surface area contributed by atoms with Crippen LogP contribution in [0, 0.1) is 11.8 Å². The number of amides is 1. The van der Waals surface area contributed by atoms with E-state index in [1.165, 1.54) is 6.42 Å². The van der Waals surface area contributed by atoms with Crippen LogP contribution in [0.2, 0.25) is 0 Å². The third-order valence-corrected chi connectivity index (χ3v) is 4.10. The Bertz CT molecular complexity index is 434. The van der Waals surface area contributed by atoms with Crippen LogP contribution in [0.3, 0.4) is 0 Å². The topological polar surface area (TPSA) is 45.2 Å². The molecule has 1 aromatic rings. The van der Waals surface area contributed by atoms with E-state index in [1.807, 2.05) is 24.1 Å². The van der Waals surface area contributed by atoms with Gasteiger partial charge in [0, 0.05) is 25.3 Å². The van der Waals surface area contributed by atoms with Crippen molar-refractivity contribution < 1.29 is 4.79 Å². The lowest BCUT2D eigenvalue weighted by atomic mass is 10.0. The summed E-state index contributed by atoms with van der Waals surface area (Å²) in [6.07, 6.45) is 4.13. The molecular weight excluding hydrogens is 226 g/mol. The monoisotopic (exact) mass is 245 g/mol. The quantitative estimate of drug-likeness (QED) is 0.869. The number of likely N-dealkylation sites (tertiary alicyclic amines) is 1. The minimum atomic E-state index is 0.0844. The molecule has 0 spiro atoms. The molecule has 1 aromatic heterocycles. The Kier molecular flexibility index (Phi) is 3.04. The number of carbonyl (C=O) groups is 1. The first kappa shape index (κ1) is 11.7. The van der Waals surface area contributed by atoms with Crippen molar-refractivity contribution in [3.63, 3.8) is 0 Å². The van der Waals surface area contributed by atoms with Crippen molar-refractivity contribution in [2.45, 2.75) is 18.9 Å². The lowest BCUT2D eigenvalue weighted by Gasteiger charge is -2.35. The third kappa shape index (κ3) is 2.12. The van der Waals surface area contributed by atoms with Crippen LogP contribution in [0.25, 0.3) is 0 Å². The van der Waals surface area contributed by atoms with Crippen LogP contribution >= 0.6 is 0 Å². The van der Waals surface area contributed by atoms with Crippen molar-refractivity contribution in [2.24, 2.45) is 11.8 Å². The highest BCUT2D eigenvalue weighted by Gasteiger charge is 2.46. The number of aromatic nitrogens is 1. The largest absolute Gasteiger partial charge is 0.333 e. The maximum absolute atomic E-state index is 12.5. The van der Waals surface area contributed by atoms with E-state index in [9.17, 15) is 4.79 Å². The second-order valence-corrected chi connectivity index (χ2v) is 5.38. The average molecular weight is 245 g/mol. The molecule has 1 N–H and O–H groups in total. The average Bonchev–Trinajstić information content (AvgIpc) is 3.16. The minimum Gasteiger partial charge on any atom is -0.333 e. The molecule has 3 atom stereocenters. The summed E-state index contributed by atoms with van der Waals surface area (Å²) in [6.45, 7) is 1.79. The van der Waals surface area contributed by atoms with Gasteiger partial charge in [-0.15, -0.1) is 0 Å². The highest BCUT2D eigenvalue weighted by Crippen LogP contribution is 2.47. The molecule has 4 heteroatoms. The number of pyridine rings is 1. The summed E-state index contributed by atoms with van der Waals surface area (Å²) >= 11 is 0. The molecule has 2 aliphatic rings. The predicted molar refractivity (Wildman–Crippen MR) is 69.2 cm³/mol. The first-order valence-electron chi connectivity index (χ1n) is 6.66. The number of piperidine rings is 1. The molecule has 1 aliphatic carbocycles. The van der Waals surface area contributed by atoms with Gasteiger partial charge in [0.25, 0.3) is 5.91 Å². The number of rotatable bonds is 3. The highest BCUT2D eigenvalue weighted by molar-refractivity contribution is 5.92. The zero-order valence-corrected chi connectivity index (χ0v) is 10.7. The Hall–Kier alpha value is -1.42. The summed E-state index contributed by atoms with van der Waals surface area (Å²) in [4.78, 5) is 18.7. The van der Waals surface area contributed by atoms with Gasteiger partial charge >= 0.3 is 0 Å². The molecule has 3 rings (SSSR count). The Morgan fingerprint density at radius 2 is 2.33 bits per heavy atom. The molecule has 1 aliphatic heterocycles. The van der Waals surface area contributed by atoms with Gasteiger partial charge in [-0.25, -0.2) is 0 Å². The maximum atomic E-state index is 12.5. The molecular formula is C14H19N3O. The zero-order valence-electron chi connectivity index (χ0n) is 10.7. The van der Waals surface area contributed by atoms with Crippen LogP contribution in [0.5, 0.6) is 0 Å². The van der Waals surface area contributed by atoms with Crippen molar-refractivity contribution in [1.82, 2.24) is 15.2 Å². The van der Waals surface area contributed by atoms with Gasteiger partial charge in [0.05, 0.1) is 0 Å². The standard InChI is InChI=1S/C14H19N3O/c1-15-8-12-7-10-6-11(10)9-17(12)14(18)13-4-2-3-5-16-13/h2-5,10-12,15H,6-9H2,1H3/t10-,11+,12-/m0/s1. The van der Waals surface area contributed by atoms with Crippen molar-refractivity contribution in [1.29, 1.82) is 0 Å². The number of nitrogens with one attached hydrogen (secondary N) is 1. The van der Waals surface area contributed by atoms with Crippen LogP contribution in [-0.2, 0) is 0 Å². The molecule has 2 heterocycles. The molecule has 96 valence electrons. The fourth-order valence-electron chi connectivity index (χ4n) is 3.02. The van der Waals surface area contributed by atoms with E-state index >= 15 is 0 Å². The Morgan fingerprint density at radius 1 is 1.44 bits per heavy atom. The van der Waals surface area contributed by atoms with Crippen molar-refractivity contribution >= 4 is 5.91 Å². The molecule has 0 unspecified atom stereocenters. The van der Waals surface area contributed by atoms with Gasteiger partial charge in [0.1, 0.15) is 5.69 Å². The summed E-state index contributed by atoms with van der Waals surface area (Å²) in [7, 11) is 1.95. The van der Waals surface area contributed by atoms with Gasteiger partial charge in [0.2, 0.25) is 0 Å². The molecule has 0 bridgehead atoms. The molecule has 1 amide bonds. The van der Waals surface area contributed by atoms with Crippen LogP contribution in [-0.4, -0.2) is 42.0 Å². The summed E-state index contributed by atoms with van der Waals surface area (Å²) < 4.78 is 0. The number of hydrogen-bond donors (Lipinski definition) is 1. The van der Waals surface area contributed by atoms with Crippen LogP contribution in [0.4, 0.5) is 0 Å². The molecule has 0 radical (unpaired) electrons. The number of nitrogens with zero attached hydrogens (tertiary/aromatic N) is 2. The predicted octanol–water partition coefficient (Wildman–Crippen LogP) is 1.15. The van der Waals surface area contributed by atoms with Crippen molar-refractivity contribution in [3.05, 3.63) is 30.1 Å². The smallest absolute Gasteiger partial charge is 0.272 e. The Labute approximate surface area is 107 Å². The van der Waals surface area contributed by atoms with E-state index in [0.717, 1.165) is 31.3 Å². The molecule has 1 saturated heterocycles. The number of carbonyl (C=O) groups excluding carboxylic acids is 1. The molecule has 1 saturated carbocycles. The zero-order chi connectivity index (χ0) is 12.5. The first-order valence-corrected chi connectivity index (χ1v) is 6.66. The van der Waals surface area contributed by atoms with Crippen molar-refractivity contribution in [2.75, 3.05) is 20.1 Å². The van der Waals surface area contributed by atoms with E-state index in [1.54, 1.807) is 12.3 Å². The molecule has 4 nitrogen and oxygen atoms in total. The lowest BCUT2D eigenvalue weighted by molar-refractivity contribution is 0.0596. The van der Waals surface area contributed by atoms with Gasteiger partial charge in [-0.05, 0) is 43.9 Å². The number of likely N-dealkylation sites (N-methyl/N-ethyl adjacent to an activating group) is 1. The summed E-state index contributed by atoms with van der Waals surface area (Å²) in [5.41, 5.74) is 0.567.